The molecule has 1 saturated heterocycles. The average molecular weight is 867 g/mol. The molecule has 0 radical (unpaired) electrons. The van der Waals surface area contributed by atoms with Crippen LogP contribution in [0.4, 0.5) is 24.5 Å². The zero-order chi connectivity index (χ0) is 44.8. The number of hydrogen-bond acceptors (Lipinski definition) is 11. The molecule has 3 aromatic carbocycles. The van der Waals surface area contributed by atoms with Gasteiger partial charge < -0.3 is 25.4 Å². The lowest BCUT2D eigenvalue weighted by Gasteiger charge is -2.36. The fourth-order valence-corrected chi connectivity index (χ4v) is 8.12. The molecule has 4 N–H and O–H groups in total. The lowest BCUT2D eigenvalue weighted by molar-refractivity contribution is -0.141. The summed E-state index contributed by atoms with van der Waals surface area (Å²) in [5.74, 6) is -3.01. The number of benzene rings is 3. The van der Waals surface area contributed by atoms with Crippen LogP contribution in [0.15, 0.2) is 79.0 Å². The van der Waals surface area contributed by atoms with Crippen LogP contribution in [-0.2, 0) is 32.6 Å². The van der Waals surface area contributed by atoms with Gasteiger partial charge >= 0.3 is 6.18 Å². The molecular weight excluding hydrogens is 822 g/mol. The number of nitrogens with one attached hydrogen (secondary N) is 3. The number of piperidine rings is 1. The van der Waals surface area contributed by atoms with E-state index in [2.05, 4.69) is 30.9 Å². The van der Waals surface area contributed by atoms with E-state index in [1.54, 1.807) is 41.2 Å². The third-order valence-corrected chi connectivity index (χ3v) is 11.4. The van der Waals surface area contributed by atoms with Gasteiger partial charge in [-0.2, -0.15) is 18.3 Å². The number of carbonyl (C=O) groups is 5. The highest BCUT2D eigenvalue weighted by molar-refractivity contribution is 6.25. The highest BCUT2D eigenvalue weighted by Crippen LogP contribution is 2.36. The Labute approximate surface area is 359 Å². The second kappa shape index (κ2) is 17.0. The predicted molar refractivity (Wildman–Crippen MR) is 224 cm³/mol. The first kappa shape index (κ1) is 43.2. The largest absolute Gasteiger partial charge is 0.433 e. The molecule has 2 aromatic heterocycles. The highest BCUT2D eigenvalue weighted by atomic mass is 19.4. The van der Waals surface area contributed by atoms with Gasteiger partial charge in [0.25, 0.3) is 17.7 Å². The zero-order valence-corrected chi connectivity index (χ0v) is 34.7. The standard InChI is InChI=1S/C45H45F3N8O7/c1-44(2,62)31-22-34-26(19-35(31)51-40(58)33-9-5-10-37(50-33)45(46,47)48)24-55(53-34)28-13-11-25(12-14-28)23-54(3)17-6-18-63-29-20-27(21-29)49-32-8-4-7-30-39(32)43(61)56(42(30)60)36-15-16-38(57)52-41(36)59/h4-5,7-14,19,22,24,27,29,36,49,62H,6,15-18,20-21,23H2,1-3H3,(H,51,58)(H,52,57,59)/t27-,29-,36?. The van der Waals surface area contributed by atoms with E-state index in [0.29, 0.717) is 35.3 Å². The molecule has 1 atom stereocenters. The second-order valence-electron chi connectivity index (χ2n) is 16.7. The molecule has 3 aliphatic rings. The van der Waals surface area contributed by atoms with E-state index < -0.39 is 58.7 Å². The summed E-state index contributed by atoms with van der Waals surface area (Å²) in [5.41, 5.74) is 0.904. The molecular formula is C45H45F3N8O7. The molecule has 4 heterocycles. The number of halogens is 3. The lowest BCUT2D eigenvalue weighted by Crippen LogP contribution is -2.54. The van der Waals surface area contributed by atoms with Crippen LogP contribution in [0, 0.1) is 0 Å². The van der Waals surface area contributed by atoms with Crippen molar-refractivity contribution >= 4 is 51.8 Å². The Morgan fingerprint density at radius 3 is 2.44 bits per heavy atom. The molecule has 5 aromatic rings. The van der Waals surface area contributed by atoms with Gasteiger partial charge in [-0.1, -0.05) is 24.3 Å². The Kier molecular flexibility index (Phi) is 11.6. The smallest absolute Gasteiger partial charge is 0.386 e. The monoisotopic (exact) mass is 866 g/mol. The van der Waals surface area contributed by atoms with Crippen molar-refractivity contribution in [1.29, 1.82) is 0 Å². The molecule has 8 rings (SSSR count). The van der Waals surface area contributed by atoms with Crippen molar-refractivity contribution in [2.75, 3.05) is 30.8 Å². The van der Waals surface area contributed by atoms with Gasteiger partial charge in [0.05, 0.1) is 34.0 Å². The number of alkyl halides is 3. The van der Waals surface area contributed by atoms with Crippen LogP contribution in [0.2, 0.25) is 0 Å². The minimum atomic E-state index is -4.72. The fourth-order valence-electron chi connectivity index (χ4n) is 8.12. The summed E-state index contributed by atoms with van der Waals surface area (Å²) < 4.78 is 47.5. The van der Waals surface area contributed by atoms with Crippen molar-refractivity contribution in [3.05, 3.63) is 113 Å². The first-order valence-electron chi connectivity index (χ1n) is 20.6. The van der Waals surface area contributed by atoms with Crippen LogP contribution in [0.3, 0.4) is 0 Å². The van der Waals surface area contributed by atoms with Crippen LogP contribution < -0.4 is 16.0 Å². The zero-order valence-electron chi connectivity index (χ0n) is 34.7. The molecule has 18 heteroatoms. The van der Waals surface area contributed by atoms with Gasteiger partial charge in [0.2, 0.25) is 11.8 Å². The van der Waals surface area contributed by atoms with Crippen molar-refractivity contribution < 1.29 is 47.0 Å². The molecule has 0 spiro atoms. The fraction of sp³-hybridized carbons (Fsp3) is 0.356. The minimum Gasteiger partial charge on any atom is -0.386 e. The maximum absolute atomic E-state index is 13.4. The Bertz CT molecular complexity index is 2620. The number of pyridine rings is 1. The third-order valence-electron chi connectivity index (χ3n) is 11.4. The molecule has 328 valence electrons. The number of aromatic nitrogens is 3. The predicted octanol–water partition coefficient (Wildman–Crippen LogP) is 5.80. The number of fused-ring (bicyclic) bond motifs is 2. The highest BCUT2D eigenvalue weighted by Gasteiger charge is 2.46. The van der Waals surface area contributed by atoms with E-state index >= 15 is 0 Å². The van der Waals surface area contributed by atoms with Gasteiger partial charge in [0.1, 0.15) is 17.4 Å². The first-order valence-corrected chi connectivity index (χ1v) is 20.6. The number of hydrogen-bond donors (Lipinski definition) is 4. The first-order chi connectivity index (χ1) is 29.9. The normalized spacial score (nSPS) is 19.0. The molecule has 1 saturated carbocycles. The quantitative estimate of drug-likeness (QED) is 0.0781. The Morgan fingerprint density at radius 1 is 0.984 bits per heavy atom. The van der Waals surface area contributed by atoms with Gasteiger partial charge in [0, 0.05) is 60.7 Å². The number of ether oxygens (including phenoxy) is 1. The van der Waals surface area contributed by atoms with Gasteiger partial charge in [-0.3, -0.25) is 34.2 Å². The summed E-state index contributed by atoms with van der Waals surface area (Å²) in [6.45, 7) is 5.13. The van der Waals surface area contributed by atoms with Crippen LogP contribution in [0.1, 0.15) is 94.0 Å². The van der Waals surface area contributed by atoms with Crippen LogP contribution in [-0.4, -0.2) is 97.6 Å². The van der Waals surface area contributed by atoms with E-state index in [1.807, 2.05) is 31.3 Å². The van der Waals surface area contributed by atoms with Crippen LogP contribution in [0.5, 0.6) is 0 Å². The molecule has 5 amide bonds. The Hall–Kier alpha value is -6.50. The molecule has 1 unspecified atom stereocenters. The van der Waals surface area contributed by atoms with Crippen molar-refractivity contribution in [2.45, 2.75) is 82.5 Å². The van der Waals surface area contributed by atoms with E-state index in [9.17, 15) is 42.3 Å². The summed E-state index contributed by atoms with van der Waals surface area (Å²) in [7, 11) is 2.03. The third kappa shape index (κ3) is 9.19. The van der Waals surface area contributed by atoms with Crippen molar-refractivity contribution in [3.63, 3.8) is 0 Å². The summed E-state index contributed by atoms with van der Waals surface area (Å²) in [5, 5.41) is 24.5. The van der Waals surface area contributed by atoms with Crippen LogP contribution in [0.25, 0.3) is 16.6 Å². The SMILES string of the molecule is CN(CCCO[C@H]1C[C@H](Nc2cccc3c2C(=O)N(C2CCC(=O)NC2=O)C3=O)C1)Cc1ccc(-n2cc3cc(NC(=O)c4cccc(C(F)(F)F)n4)c(C(C)(C)O)cc3n2)cc1. The van der Waals surface area contributed by atoms with Crippen LogP contribution >= 0.6 is 0 Å². The Morgan fingerprint density at radius 2 is 1.73 bits per heavy atom. The van der Waals surface area contributed by atoms with E-state index in [4.69, 9.17) is 4.74 Å². The number of nitrogens with zero attached hydrogens (tertiary/aromatic N) is 5. The molecule has 2 fully saturated rings. The summed E-state index contributed by atoms with van der Waals surface area (Å²) in [4.78, 5) is 70.3. The van der Waals surface area contributed by atoms with Gasteiger partial charge in [-0.25, -0.2) is 9.67 Å². The number of imide groups is 2. The van der Waals surface area contributed by atoms with Crippen molar-refractivity contribution in [3.8, 4) is 5.69 Å². The summed E-state index contributed by atoms with van der Waals surface area (Å²) in [6.07, 6.45) is -0.466. The van der Waals surface area contributed by atoms with Gasteiger partial charge in [-0.15, -0.1) is 0 Å². The maximum Gasteiger partial charge on any atom is 0.433 e. The summed E-state index contributed by atoms with van der Waals surface area (Å²) >= 11 is 0. The second-order valence-corrected chi connectivity index (χ2v) is 16.7. The summed E-state index contributed by atoms with van der Waals surface area (Å²) in [6, 6.07) is 18.3. The Balaban J connectivity index is 0.804. The number of aliphatic hydroxyl groups is 1. The van der Waals surface area contributed by atoms with E-state index in [0.717, 1.165) is 54.1 Å². The topological polar surface area (TPSA) is 188 Å². The van der Waals surface area contributed by atoms with Gasteiger partial charge in [0.15, 0.2) is 0 Å². The number of carbonyl (C=O) groups excluding carboxylic acids is 5. The van der Waals surface area contributed by atoms with E-state index in [-0.39, 0.29) is 41.8 Å². The number of rotatable bonds is 14. The molecule has 2 aliphatic heterocycles. The average Bonchev–Trinajstić information content (AvgIpc) is 3.75. The number of amides is 5. The molecule has 0 bridgehead atoms. The molecule has 63 heavy (non-hydrogen) atoms. The van der Waals surface area contributed by atoms with E-state index in [1.165, 1.54) is 19.9 Å². The van der Waals surface area contributed by atoms with Crippen molar-refractivity contribution in [1.82, 2.24) is 29.9 Å². The van der Waals surface area contributed by atoms with Crippen molar-refractivity contribution in [2.24, 2.45) is 0 Å². The minimum absolute atomic E-state index is 0.0501. The molecule has 15 nitrogen and oxygen atoms in total. The number of anilines is 2. The molecule has 1 aliphatic carbocycles. The maximum atomic E-state index is 13.4. The van der Waals surface area contributed by atoms with Gasteiger partial charge in [-0.05, 0) is 101 Å². The lowest BCUT2D eigenvalue weighted by atomic mass is 9.88.